The third-order valence-electron chi connectivity index (χ3n) is 4.20. The highest BCUT2D eigenvalue weighted by molar-refractivity contribution is 5.56. The van der Waals surface area contributed by atoms with Crippen molar-refractivity contribution in [1.82, 2.24) is 9.97 Å². The second-order valence-corrected chi connectivity index (χ2v) is 5.79. The Balaban J connectivity index is 2.16. The van der Waals surface area contributed by atoms with E-state index in [1.807, 2.05) is 13.8 Å². The Morgan fingerprint density at radius 2 is 2.00 bits per heavy atom. The van der Waals surface area contributed by atoms with Gasteiger partial charge in [0, 0.05) is 25.1 Å². The second-order valence-electron chi connectivity index (χ2n) is 5.79. The Morgan fingerprint density at radius 1 is 1.35 bits per heavy atom. The highest BCUT2D eigenvalue weighted by Crippen LogP contribution is 2.28. The lowest BCUT2D eigenvalue weighted by atomic mass is 9.92. The molecule has 1 unspecified atom stereocenters. The fraction of sp³-hybridized carbons (Fsp3) is 0.733. The molecule has 5 nitrogen and oxygen atoms in total. The average Bonchev–Trinajstić information content (AvgIpc) is 2.43. The zero-order valence-corrected chi connectivity index (χ0v) is 12.8. The molecule has 5 heteroatoms. The smallest absolute Gasteiger partial charge is 0.137 e. The maximum absolute atomic E-state index is 9.68. The zero-order valence-electron chi connectivity index (χ0n) is 12.8. The Hall–Kier alpha value is -1.36. The molecule has 1 aromatic rings. The third kappa shape index (κ3) is 3.20. The molecule has 0 saturated carbocycles. The topological polar surface area (TPSA) is 75.3 Å². The molecule has 0 aromatic carbocycles. The van der Waals surface area contributed by atoms with E-state index in [1.54, 1.807) is 0 Å². The minimum atomic E-state index is -0.218. The minimum absolute atomic E-state index is 0.218. The van der Waals surface area contributed by atoms with Crippen LogP contribution in [-0.2, 0) is 6.42 Å². The van der Waals surface area contributed by atoms with E-state index in [2.05, 4.69) is 21.8 Å². The first-order valence-electron chi connectivity index (χ1n) is 7.59. The van der Waals surface area contributed by atoms with E-state index in [9.17, 15) is 5.11 Å². The number of aliphatic hydroxyl groups is 1. The largest absolute Gasteiger partial charge is 0.393 e. The van der Waals surface area contributed by atoms with E-state index in [0.717, 1.165) is 56.0 Å². The van der Waals surface area contributed by atoms with Crippen molar-refractivity contribution in [1.29, 1.82) is 0 Å². The highest BCUT2D eigenvalue weighted by Gasteiger charge is 2.25. The molecule has 0 spiro atoms. The number of nitrogens with two attached hydrogens (primary N) is 1. The summed E-state index contributed by atoms with van der Waals surface area (Å²) in [7, 11) is 0. The molecule has 0 bridgehead atoms. The standard InChI is InChI=1S/C15H26N4O/c1-4-5-13-17-14(16)10(2)15(18-13)19-8-6-12(7-9-19)11(3)20/h11-12,20H,4-9H2,1-3H3,(H2,16,17,18). The summed E-state index contributed by atoms with van der Waals surface area (Å²) in [5, 5.41) is 9.68. The van der Waals surface area contributed by atoms with Gasteiger partial charge in [0.05, 0.1) is 6.10 Å². The van der Waals surface area contributed by atoms with Crippen molar-refractivity contribution < 1.29 is 5.11 Å². The van der Waals surface area contributed by atoms with Crippen LogP contribution in [0.1, 0.15) is 44.5 Å². The lowest BCUT2D eigenvalue weighted by Crippen LogP contribution is -2.38. The molecule has 0 amide bonds. The van der Waals surface area contributed by atoms with Crippen molar-refractivity contribution >= 4 is 11.6 Å². The summed E-state index contributed by atoms with van der Waals surface area (Å²) in [4.78, 5) is 11.3. The van der Waals surface area contributed by atoms with Gasteiger partial charge in [0.1, 0.15) is 17.5 Å². The van der Waals surface area contributed by atoms with Crippen LogP contribution < -0.4 is 10.6 Å². The zero-order chi connectivity index (χ0) is 14.7. The normalized spacial score (nSPS) is 18.3. The van der Waals surface area contributed by atoms with Gasteiger partial charge in [-0.1, -0.05) is 6.92 Å². The minimum Gasteiger partial charge on any atom is -0.393 e. The number of anilines is 2. The van der Waals surface area contributed by atoms with Crippen LogP contribution in [0.2, 0.25) is 0 Å². The Labute approximate surface area is 121 Å². The molecule has 1 atom stereocenters. The number of nitrogens with zero attached hydrogens (tertiary/aromatic N) is 3. The number of piperidine rings is 1. The van der Waals surface area contributed by atoms with E-state index < -0.39 is 0 Å². The molecule has 2 rings (SSSR count). The first-order chi connectivity index (χ1) is 9.52. The van der Waals surface area contributed by atoms with Crippen LogP contribution in [0.25, 0.3) is 0 Å². The van der Waals surface area contributed by atoms with E-state index >= 15 is 0 Å². The van der Waals surface area contributed by atoms with Crippen LogP contribution in [-0.4, -0.2) is 34.3 Å². The number of aryl methyl sites for hydroxylation is 1. The van der Waals surface area contributed by atoms with E-state index in [0.29, 0.717) is 11.7 Å². The number of nitrogen functional groups attached to an aromatic ring is 1. The van der Waals surface area contributed by atoms with Crippen LogP contribution in [0.3, 0.4) is 0 Å². The number of rotatable bonds is 4. The number of hydrogen-bond donors (Lipinski definition) is 2. The molecule has 112 valence electrons. The monoisotopic (exact) mass is 278 g/mol. The highest BCUT2D eigenvalue weighted by atomic mass is 16.3. The summed E-state index contributed by atoms with van der Waals surface area (Å²) >= 11 is 0. The third-order valence-corrected chi connectivity index (χ3v) is 4.20. The fourth-order valence-corrected chi connectivity index (χ4v) is 2.81. The van der Waals surface area contributed by atoms with Crippen molar-refractivity contribution in [3.63, 3.8) is 0 Å². The van der Waals surface area contributed by atoms with Crippen molar-refractivity contribution in [3.05, 3.63) is 11.4 Å². The SMILES string of the molecule is CCCc1nc(N)c(C)c(N2CCC(C(C)O)CC2)n1. The molecule has 1 aliphatic rings. The van der Waals surface area contributed by atoms with Gasteiger partial charge in [-0.15, -0.1) is 0 Å². The first-order valence-corrected chi connectivity index (χ1v) is 7.59. The van der Waals surface area contributed by atoms with Crippen molar-refractivity contribution in [2.75, 3.05) is 23.7 Å². The molecule has 3 N–H and O–H groups in total. The van der Waals surface area contributed by atoms with Gasteiger partial charge in [0.25, 0.3) is 0 Å². The van der Waals surface area contributed by atoms with E-state index in [4.69, 9.17) is 5.73 Å². The van der Waals surface area contributed by atoms with E-state index in [1.165, 1.54) is 0 Å². The molecule has 1 aliphatic heterocycles. The summed E-state index contributed by atoms with van der Waals surface area (Å²) in [5.74, 6) is 2.81. The predicted molar refractivity (Wildman–Crippen MR) is 81.8 cm³/mol. The van der Waals surface area contributed by atoms with Gasteiger partial charge in [-0.05, 0) is 39.0 Å². The van der Waals surface area contributed by atoms with Crippen LogP contribution in [0.4, 0.5) is 11.6 Å². The maximum atomic E-state index is 9.68. The van der Waals surface area contributed by atoms with E-state index in [-0.39, 0.29) is 6.10 Å². The van der Waals surface area contributed by atoms with Crippen molar-refractivity contribution in [2.45, 2.75) is 52.6 Å². The van der Waals surface area contributed by atoms with Gasteiger partial charge in [-0.2, -0.15) is 0 Å². The summed E-state index contributed by atoms with van der Waals surface area (Å²) in [6, 6.07) is 0. The van der Waals surface area contributed by atoms with Gasteiger partial charge >= 0.3 is 0 Å². The Bertz CT molecular complexity index is 453. The molecular formula is C15H26N4O. The van der Waals surface area contributed by atoms with Gasteiger partial charge in [-0.3, -0.25) is 0 Å². The number of hydrogen-bond acceptors (Lipinski definition) is 5. The van der Waals surface area contributed by atoms with Crippen molar-refractivity contribution in [3.8, 4) is 0 Å². The number of aromatic nitrogens is 2. The molecule has 0 radical (unpaired) electrons. The average molecular weight is 278 g/mol. The first kappa shape index (κ1) is 15.0. The lowest BCUT2D eigenvalue weighted by Gasteiger charge is -2.35. The number of aliphatic hydroxyl groups excluding tert-OH is 1. The molecule has 20 heavy (non-hydrogen) atoms. The van der Waals surface area contributed by atoms with Crippen molar-refractivity contribution in [2.24, 2.45) is 5.92 Å². The van der Waals surface area contributed by atoms with Gasteiger partial charge in [0.2, 0.25) is 0 Å². The molecule has 1 saturated heterocycles. The Morgan fingerprint density at radius 3 is 2.55 bits per heavy atom. The van der Waals surface area contributed by atoms with Crippen LogP contribution >= 0.6 is 0 Å². The molecule has 0 aliphatic carbocycles. The van der Waals surface area contributed by atoms with Gasteiger partial charge < -0.3 is 15.7 Å². The van der Waals surface area contributed by atoms with Gasteiger partial charge in [-0.25, -0.2) is 9.97 Å². The molecule has 1 fully saturated rings. The predicted octanol–water partition coefficient (Wildman–Crippen LogP) is 1.92. The molecular weight excluding hydrogens is 252 g/mol. The fourth-order valence-electron chi connectivity index (χ4n) is 2.81. The summed E-state index contributed by atoms with van der Waals surface area (Å²) in [5.41, 5.74) is 6.99. The quantitative estimate of drug-likeness (QED) is 0.880. The Kier molecular flexibility index (Phi) is 4.81. The lowest BCUT2D eigenvalue weighted by molar-refractivity contribution is 0.109. The summed E-state index contributed by atoms with van der Waals surface area (Å²) in [6.07, 6.45) is 3.67. The molecule has 2 heterocycles. The molecule has 1 aromatic heterocycles. The summed E-state index contributed by atoms with van der Waals surface area (Å²) < 4.78 is 0. The summed E-state index contributed by atoms with van der Waals surface area (Å²) in [6.45, 7) is 7.85. The van der Waals surface area contributed by atoms with Crippen LogP contribution in [0.15, 0.2) is 0 Å². The van der Waals surface area contributed by atoms with Crippen LogP contribution in [0, 0.1) is 12.8 Å². The second kappa shape index (κ2) is 6.39. The van der Waals surface area contributed by atoms with Gasteiger partial charge in [0.15, 0.2) is 0 Å². The maximum Gasteiger partial charge on any atom is 0.137 e. The van der Waals surface area contributed by atoms with Crippen LogP contribution in [0.5, 0.6) is 0 Å².